The molecule has 43 heavy (non-hydrogen) atoms. The van der Waals surface area contributed by atoms with Crippen LogP contribution in [-0.4, -0.2) is 45.6 Å². The third kappa shape index (κ3) is 8.82. The number of nitrogens with one attached hydrogen (secondary N) is 1. The molecule has 0 aliphatic rings. The maximum Gasteiger partial charge on any atom is 0.243 e. The van der Waals surface area contributed by atoms with E-state index in [1.807, 2.05) is 30.3 Å². The number of nitriles is 1. The minimum absolute atomic E-state index is 0.0589. The number of hydrogen-bond acceptors (Lipinski definition) is 5. The third-order valence-corrected chi connectivity index (χ3v) is 7.58. The van der Waals surface area contributed by atoms with Crippen molar-refractivity contribution in [2.75, 3.05) is 19.4 Å². The van der Waals surface area contributed by atoms with Gasteiger partial charge in [0.1, 0.15) is 18.2 Å². The van der Waals surface area contributed by atoms with Crippen LogP contribution >= 0.6 is 0 Å². The molecule has 0 aliphatic heterocycles. The summed E-state index contributed by atoms with van der Waals surface area (Å²) in [6.45, 7) is 2.33. The monoisotopic (exact) mass is 580 g/mol. The summed E-state index contributed by atoms with van der Waals surface area (Å²) in [5.74, 6) is -0.397. The van der Waals surface area contributed by atoms with E-state index < -0.39 is 5.92 Å². The van der Waals surface area contributed by atoms with Gasteiger partial charge in [0.25, 0.3) is 0 Å². The van der Waals surface area contributed by atoms with E-state index in [1.165, 1.54) is 22.6 Å². The molecule has 4 rings (SSSR count). The number of pyridine rings is 1. The Morgan fingerprint density at radius 3 is 2.42 bits per heavy atom. The maximum atomic E-state index is 14.1. The summed E-state index contributed by atoms with van der Waals surface area (Å²) in [5.41, 5.74) is 4.12. The predicted molar refractivity (Wildman–Crippen MR) is 165 cm³/mol. The first-order chi connectivity index (χ1) is 20.7. The Bertz CT molecular complexity index is 1560. The van der Waals surface area contributed by atoms with Crippen LogP contribution in [0.1, 0.15) is 67.6 Å². The van der Waals surface area contributed by atoms with Crippen molar-refractivity contribution >= 4 is 17.6 Å². The first-order valence-electron chi connectivity index (χ1n) is 14.5. The molecule has 8 nitrogen and oxygen atoms in total. The standard InChI is InChI=1S/C34H37FN6O2/c1-24(26-14-12-25(19-36)13-15-26)8-5-4-6-11-31(27-9-7-10-30(35)18-27)34(43)39-32-17-16-28(20-37-32)29-21-38-41(22-29)23-33(42)40(2)3/h7,9-10,12-18,20-22,24,31H,4-6,8,11,23H2,1-3H3,(H,37,39,43)/t24-,31?/m1/s1. The maximum absolute atomic E-state index is 14.1. The van der Waals surface area contributed by atoms with Gasteiger partial charge in [0.05, 0.1) is 23.7 Å². The van der Waals surface area contributed by atoms with Crippen LogP contribution < -0.4 is 5.32 Å². The Hall–Kier alpha value is -4.84. The zero-order valence-corrected chi connectivity index (χ0v) is 24.8. The Labute approximate surface area is 252 Å². The van der Waals surface area contributed by atoms with E-state index in [0.29, 0.717) is 29.3 Å². The minimum atomic E-state index is -0.513. The molecule has 1 unspecified atom stereocenters. The van der Waals surface area contributed by atoms with Crippen molar-refractivity contribution in [3.8, 4) is 17.2 Å². The molecule has 2 heterocycles. The lowest BCUT2D eigenvalue weighted by atomic mass is 9.90. The van der Waals surface area contributed by atoms with E-state index in [1.54, 1.807) is 55.6 Å². The van der Waals surface area contributed by atoms with E-state index in [2.05, 4.69) is 28.4 Å². The van der Waals surface area contributed by atoms with Gasteiger partial charge in [0.15, 0.2) is 0 Å². The number of benzene rings is 2. The number of nitrogens with zero attached hydrogens (tertiary/aromatic N) is 5. The first kappa shape index (κ1) is 31.1. The highest BCUT2D eigenvalue weighted by molar-refractivity contribution is 5.95. The van der Waals surface area contributed by atoms with Gasteiger partial charge in [-0.15, -0.1) is 0 Å². The summed E-state index contributed by atoms with van der Waals surface area (Å²) in [6.07, 6.45) is 9.46. The number of rotatable bonds is 13. The largest absolute Gasteiger partial charge is 0.347 e. The molecule has 2 aromatic carbocycles. The summed E-state index contributed by atoms with van der Waals surface area (Å²) >= 11 is 0. The second-order valence-corrected chi connectivity index (χ2v) is 11.0. The number of aromatic nitrogens is 3. The van der Waals surface area contributed by atoms with Gasteiger partial charge in [-0.3, -0.25) is 14.3 Å². The van der Waals surface area contributed by atoms with Crippen LogP contribution in [0.3, 0.4) is 0 Å². The fourth-order valence-electron chi connectivity index (χ4n) is 4.93. The molecule has 0 saturated carbocycles. The molecule has 222 valence electrons. The van der Waals surface area contributed by atoms with Gasteiger partial charge >= 0.3 is 0 Å². The second kappa shape index (κ2) is 14.9. The predicted octanol–water partition coefficient (Wildman–Crippen LogP) is 6.52. The molecular formula is C34H37FN6O2. The summed E-state index contributed by atoms with van der Waals surface area (Å²) in [5, 5.41) is 16.2. The lowest BCUT2D eigenvalue weighted by molar-refractivity contribution is -0.129. The van der Waals surface area contributed by atoms with Gasteiger partial charge in [-0.1, -0.05) is 50.5 Å². The number of amides is 2. The van der Waals surface area contributed by atoms with Gasteiger partial charge in [-0.05, 0) is 66.3 Å². The zero-order chi connectivity index (χ0) is 30.8. The normalized spacial score (nSPS) is 12.3. The molecule has 2 atom stereocenters. The Kier molecular flexibility index (Phi) is 10.8. The van der Waals surface area contributed by atoms with Crippen molar-refractivity contribution in [3.63, 3.8) is 0 Å². The van der Waals surface area contributed by atoms with Crippen LogP contribution in [0.5, 0.6) is 0 Å². The summed E-state index contributed by atoms with van der Waals surface area (Å²) in [4.78, 5) is 31.3. The fraction of sp³-hybridized carbons (Fsp3) is 0.324. The molecule has 0 saturated heterocycles. The van der Waals surface area contributed by atoms with Crippen LogP contribution in [0.25, 0.3) is 11.1 Å². The topological polar surface area (TPSA) is 104 Å². The number of hydrogen-bond donors (Lipinski definition) is 1. The molecule has 0 radical (unpaired) electrons. The molecule has 0 bridgehead atoms. The number of likely N-dealkylation sites (N-methyl/N-ethyl adjacent to an activating group) is 1. The van der Waals surface area contributed by atoms with Gasteiger partial charge in [0.2, 0.25) is 11.8 Å². The highest BCUT2D eigenvalue weighted by Crippen LogP contribution is 2.28. The zero-order valence-electron chi connectivity index (χ0n) is 24.8. The molecule has 0 spiro atoms. The highest BCUT2D eigenvalue weighted by Gasteiger charge is 2.22. The summed E-state index contributed by atoms with van der Waals surface area (Å²) in [6, 6.07) is 19.6. The van der Waals surface area contributed by atoms with Gasteiger partial charge in [-0.2, -0.15) is 10.4 Å². The van der Waals surface area contributed by atoms with Crippen molar-refractivity contribution in [1.82, 2.24) is 19.7 Å². The van der Waals surface area contributed by atoms with E-state index in [4.69, 9.17) is 5.26 Å². The Morgan fingerprint density at radius 2 is 1.74 bits per heavy atom. The molecule has 0 aliphatic carbocycles. The highest BCUT2D eigenvalue weighted by atomic mass is 19.1. The van der Waals surface area contributed by atoms with Crippen LogP contribution in [0, 0.1) is 17.1 Å². The quantitative estimate of drug-likeness (QED) is 0.181. The van der Waals surface area contributed by atoms with Crippen LogP contribution in [0.4, 0.5) is 10.2 Å². The molecule has 9 heteroatoms. The Morgan fingerprint density at radius 1 is 0.977 bits per heavy atom. The van der Waals surface area contributed by atoms with E-state index in [0.717, 1.165) is 36.8 Å². The molecule has 1 N–H and O–H groups in total. The van der Waals surface area contributed by atoms with Crippen LogP contribution in [-0.2, 0) is 16.1 Å². The smallest absolute Gasteiger partial charge is 0.243 e. The first-order valence-corrected chi connectivity index (χ1v) is 14.5. The average Bonchev–Trinajstić information content (AvgIpc) is 3.47. The average molecular weight is 581 g/mol. The van der Waals surface area contributed by atoms with Gasteiger partial charge in [-0.25, -0.2) is 9.37 Å². The van der Waals surface area contributed by atoms with Crippen molar-refractivity contribution < 1.29 is 14.0 Å². The number of unbranched alkanes of at least 4 members (excludes halogenated alkanes) is 2. The summed E-state index contributed by atoms with van der Waals surface area (Å²) < 4.78 is 15.7. The molecule has 0 fully saturated rings. The van der Waals surface area contributed by atoms with E-state index >= 15 is 0 Å². The third-order valence-electron chi connectivity index (χ3n) is 7.58. The van der Waals surface area contributed by atoms with E-state index in [-0.39, 0.29) is 24.2 Å². The minimum Gasteiger partial charge on any atom is -0.347 e. The number of carbonyl (C=O) groups excluding carboxylic acids is 2. The van der Waals surface area contributed by atoms with Crippen molar-refractivity contribution in [1.29, 1.82) is 5.26 Å². The van der Waals surface area contributed by atoms with Crippen LogP contribution in [0.15, 0.2) is 79.3 Å². The summed E-state index contributed by atoms with van der Waals surface area (Å²) in [7, 11) is 3.40. The van der Waals surface area contributed by atoms with Crippen molar-refractivity contribution in [2.45, 2.75) is 57.4 Å². The van der Waals surface area contributed by atoms with Gasteiger partial charge in [0, 0.05) is 37.6 Å². The Balaban J connectivity index is 1.34. The lowest BCUT2D eigenvalue weighted by Gasteiger charge is -2.18. The lowest BCUT2D eigenvalue weighted by Crippen LogP contribution is -2.26. The second-order valence-electron chi connectivity index (χ2n) is 11.0. The number of halogens is 1. The van der Waals surface area contributed by atoms with Crippen LogP contribution in [0.2, 0.25) is 0 Å². The van der Waals surface area contributed by atoms with E-state index in [9.17, 15) is 14.0 Å². The molecule has 2 aromatic heterocycles. The van der Waals surface area contributed by atoms with Gasteiger partial charge < -0.3 is 10.2 Å². The number of anilines is 1. The molecule has 4 aromatic rings. The number of carbonyl (C=O) groups is 2. The molecule has 2 amide bonds. The fourth-order valence-corrected chi connectivity index (χ4v) is 4.93. The molecular weight excluding hydrogens is 543 g/mol. The SMILES string of the molecule is C[C@H](CCCCCC(C(=O)Nc1ccc(-c2cnn(CC(=O)N(C)C)c2)cn1)c1cccc(F)c1)c1ccc(C#N)cc1. The van der Waals surface area contributed by atoms with Crippen molar-refractivity contribution in [2.24, 2.45) is 0 Å². The van der Waals surface area contributed by atoms with Crippen molar-refractivity contribution in [3.05, 3.63) is 102 Å².